The first-order valence-electron chi connectivity index (χ1n) is 10.8. The van der Waals surface area contributed by atoms with E-state index in [9.17, 15) is 9.59 Å². The molecule has 0 bridgehead atoms. The highest BCUT2D eigenvalue weighted by atomic mass is 16.5. The number of hydrogen-bond donors (Lipinski definition) is 2. The van der Waals surface area contributed by atoms with Crippen molar-refractivity contribution in [1.82, 2.24) is 15.4 Å². The molecule has 3 N–H and O–H groups in total. The smallest absolute Gasteiger partial charge is 0.273 e. The van der Waals surface area contributed by atoms with Crippen LogP contribution in [0.2, 0.25) is 0 Å². The van der Waals surface area contributed by atoms with E-state index in [2.05, 4.69) is 17.4 Å². The summed E-state index contributed by atoms with van der Waals surface area (Å²) in [6.07, 6.45) is 8.02. The van der Waals surface area contributed by atoms with E-state index in [1.165, 1.54) is 0 Å². The third kappa shape index (κ3) is 3.23. The van der Waals surface area contributed by atoms with Gasteiger partial charge in [0.1, 0.15) is 5.76 Å². The molecule has 28 heavy (non-hydrogen) atoms. The Balaban J connectivity index is 1.11. The third-order valence-electron chi connectivity index (χ3n) is 7.33. The lowest BCUT2D eigenvalue weighted by atomic mass is 9.50. The molecule has 0 radical (unpaired) electrons. The number of nitrogens with zero attached hydrogens (tertiary/aromatic N) is 2. The van der Waals surface area contributed by atoms with Gasteiger partial charge in [-0.3, -0.25) is 9.59 Å². The number of hydrogen-bond acceptors (Lipinski definition) is 5. The van der Waals surface area contributed by atoms with E-state index in [1.807, 2.05) is 4.90 Å². The van der Waals surface area contributed by atoms with E-state index in [0.717, 1.165) is 57.1 Å². The van der Waals surface area contributed by atoms with Crippen molar-refractivity contribution in [2.24, 2.45) is 17.1 Å². The van der Waals surface area contributed by atoms with Crippen LogP contribution in [0.25, 0.3) is 0 Å². The number of likely N-dealkylation sites (tertiary alicyclic amines) is 1. The van der Waals surface area contributed by atoms with Gasteiger partial charge in [0.2, 0.25) is 5.91 Å². The Morgan fingerprint density at radius 2 is 2.00 bits per heavy atom. The molecular weight excluding hydrogens is 356 g/mol. The number of aromatic nitrogens is 1. The van der Waals surface area contributed by atoms with E-state index in [-0.39, 0.29) is 23.9 Å². The molecule has 2 unspecified atom stereocenters. The summed E-state index contributed by atoms with van der Waals surface area (Å²) < 4.78 is 5.28. The van der Waals surface area contributed by atoms with Gasteiger partial charge in [0.15, 0.2) is 5.69 Å². The van der Waals surface area contributed by atoms with Crippen molar-refractivity contribution in [3.05, 3.63) is 17.5 Å². The van der Waals surface area contributed by atoms with Crippen LogP contribution in [0, 0.1) is 11.3 Å². The zero-order valence-electron chi connectivity index (χ0n) is 16.5. The lowest BCUT2D eigenvalue weighted by Gasteiger charge is -2.57. The van der Waals surface area contributed by atoms with Crippen LogP contribution in [-0.2, 0) is 4.79 Å². The number of piperidine rings is 1. The van der Waals surface area contributed by atoms with Gasteiger partial charge in [-0.2, -0.15) is 0 Å². The highest BCUT2D eigenvalue weighted by Gasteiger charge is 2.54. The van der Waals surface area contributed by atoms with E-state index in [0.29, 0.717) is 35.5 Å². The number of rotatable bonds is 4. The topological polar surface area (TPSA) is 101 Å². The molecule has 1 saturated heterocycles. The summed E-state index contributed by atoms with van der Waals surface area (Å²) in [5.74, 6) is 1.58. The number of carbonyl (C=O) groups is 2. The first-order valence-corrected chi connectivity index (χ1v) is 10.8. The molecule has 3 aliphatic carbocycles. The van der Waals surface area contributed by atoms with Crippen LogP contribution in [-0.4, -0.2) is 46.5 Å². The van der Waals surface area contributed by atoms with Crippen molar-refractivity contribution in [2.75, 3.05) is 6.54 Å². The van der Waals surface area contributed by atoms with Crippen LogP contribution in [0.1, 0.15) is 80.5 Å². The number of carbonyl (C=O) groups excluding carboxylic acids is 2. The third-order valence-corrected chi connectivity index (χ3v) is 7.33. The second kappa shape index (κ2) is 6.58. The monoisotopic (exact) mass is 386 g/mol. The van der Waals surface area contributed by atoms with E-state index < -0.39 is 0 Å². The molecule has 2 atom stereocenters. The van der Waals surface area contributed by atoms with E-state index in [4.69, 9.17) is 10.3 Å². The quantitative estimate of drug-likeness (QED) is 0.826. The summed E-state index contributed by atoms with van der Waals surface area (Å²) in [6, 6.07) is 2.34. The molecule has 5 rings (SSSR count). The van der Waals surface area contributed by atoms with Crippen molar-refractivity contribution >= 4 is 11.8 Å². The molecule has 152 valence electrons. The Kier molecular flexibility index (Phi) is 4.27. The van der Waals surface area contributed by atoms with Gasteiger partial charge in [0, 0.05) is 42.6 Å². The van der Waals surface area contributed by atoms with Gasteiger partial charge in [-0.05, 0) is 63.7 Å². The Labute approximate surface area is 165 Å². The van der Waals surface area contributed by atoms with Crippen LogP contribution >= 0.6 is 0 Å². The molecular formula is C21H30N4O3. The maximum absolute atomic E-state index is 12.9. The molecule has 1 aliphatic heterocycles. The standard InChI is InChI=1S/C21H30N4O3/c1-12-6-16(23-19(26)17-7-18(28-24-17)13-2-3-13)4-5-25(12)20(27)14-8-21(9-14)10-15(22)11-21/h7,12-16H,2-6,8-11,22H2,1H3,(H,23,26). The maximum atomic E-state index is 12.9. The highest BCUT2D eigenvalue weighted by molar-refractivity contribution is 5.92. The molecule has 7 nitrogen and oxygen atoms in total. The van der Waals surface area contributed by atoms with Gasteiger partial charge in [-0.1, -0.05) is 5.16 Å². The maximum Gasteiger partial charge on any atom is 0.273 e. The summed E-state index contributed by atoms with van der Waals surface area (Å²) in [4.78, 5) is 27.4. The largest absolute Gasteiger partial charge is 0.360 e. The molecule has 1 aromatic heterocycles. The average molecular weight is 386 g/mol. The van der Waals surface area contributed by atoms with Crippen LogP contribution in [0.4, 0.5) is 0 Å². The lowest BCUT2D eigenvalue weighted by molar-refractivity contribution is -0.152. The van der Waals surface area contributed by atoms with Gasteiger partial charge in [-0.25, -0.2) is 0 Å². The summed E-state index contributed by atoms with van der Waals surface area (Å²) in [6.45, 7) is 2.80. The average Bonchev–Trinajstić information content (AvgIpc) is 3.33. The Bertz CT molecular complexity index is 772. The van der Waals surface area contributed by atoms with Crippen LogP contribution < -0.4 is 11.1 Å². The first-order chi connectivity index (χ1) is 13.4. The van der Waals surface area contributed by atoms with Gasteiger partial charge in [-0.15, -0.1) is 0 Å². The Morgan fingerprint density at radius 1 is 1.25 bits per heavy atom. The second-order valence-corrected chi connectivity index (χ2v) is 9.74. The van der Waals surface area contributed by atoms with Crippen LogP contribution in [0.3, 0.4) is 0 Å². The fraction of sp³-hybridized carbons (Fsp3) is 0.762. The first kappa shape index (κ1) is 18.2. The minimum atomic E-state index is -0.171. The zero-order valence-corrected chi connectivity index (χ0v) is 16.5. The van der Waals surface area contributed by atoms with E-state index in [1.54, 1.807) is 6.07 Å². The van der Waals surface area contributed by atoms with Crippen molar-refractivity contribution in [3.8, 4) is 0 Å². The van der Waals surface area contributed by atoms with Crippen LogP contribution in [0.15, 0.2) is 10.6 Å². The highest BCUT2D eigenvalue weighted by Crippen LogP contribution is 2.58. The Morgan fingerprint density at radius 3 is 2.64 bits per heavy atom. The fourth-order valence-electron chi connectivity index (χ4n) is 5.63. The summed E-state index contributed by atoms with van der Waals surface area (Å²) >= 11 is 0. The van der Waals surface area contributed by atoms with Crippen molar-refractivity contribution < 1.29 is 14.1 Å². The SMILES string of the molecule is CC1CC(NC(=O)c2cc(C3CC3)on2)CCN1C(=O)C1CC2(CC(N)C2)C1. The van der Waals surface area contributed by atoms with Gasteiger partial charge in [0.25, 0.3) is 5.91 Å². The molecule has 4 aliphatic rings. The molecule has 2 amide bonds. The minimum Gasteiger partial charge on any atom is -0.360 e. The van der Waals surface area contributed by atoms with E-state index >= 15 is 0 Å². The molecule has 4 fully saturated rings. The summed E-state index contributed by atoms with van der Waals surface area (Å²) in [5, 5.41) is 7.00. The predicted octanol–water partition coefficient (Wildman–Crippen LogP) is 2.18. The van der Waals surface area contributed by atoms with Crippen molar-refractivity contribution in [1.29, 1.82) is 0 Å². The van der Waals surface area contributed by atoms with Crippen molar-refractivity contribution in [3.63, 3.8) is 0 Å². The predicted molar refractivity (Wildman–Crippen MR) is 103 cm³/mol. The molecule has 1 spiro atoms. The number of nitrogens with two attached hydrogens (primary N) is 1. The lowest BCUT2D eigenvalue weighted by Crippen LogP contribution is -2.59. The summed E-state index contributed by atoms with van der Waals surface area (Å²) in [7, 11) is 0. The summed E-state index contributed by atoms with van der Waals surface area (Å²) in [5.41, 5.74) is 6.67. The minimum absolute atomic E-state index is 0.0741. The molecule has 3 saturated carbocycles. The fourth-order valence-corrected chi connectivity index (χ4v) is 5.63. The Hall–Kier alpha value is -1.89. The van der Waals surface area contributed by atoms with Gasteiger partial charge >= 0.3 is 0 Å². The van der Waals surface area contributed by atoms with Crippen molar-refractivity contribution in [2.45, 2.75) is 82.3 Å². The normalized spacial score (nSPS) is 37.3. The molecule has 7 heteroatoms. The molecule has 1 aromatic rings. The zero-order chi connectivity index (χ0) is 19.5. The molecule has 2 heterocycles. The number of nitrogens with one attached hydrogen (secondary N) is 1. The van der Waals surface area contributed by atoms with Crippen LogP contribution in [0.5, 0.6) is 0 Å². The second-order valence-electron chi connectivity index (χ2n) is 9.74. The number of amides is 2. The van der Waals surface area contributed by atoms with Gasteiger partial charge in [0.05, 0.1) is 0 Å². The molecule has 0 aromatic carbocycles. The van der Waals surface area contributed by atoms with Gasteiger partial charge < -0.3 is 20.5 Å².